The SMILES string of the molecule is O=C(O)CCc1ccc(OCc2ccc(CN3CCN(Cc4cccnc4)CC3)cc2)cc1. The van der Waals surface area contributed by atoms with E-state index in [-0.39, 0.29) is 6.42 Å². The molecule has 4 rings (SSSR count). The molecule has 1 saturated heterocycles. The van der Waals surface area contributed by atoms with Gasteiger partial charge in [0.05, 0.1) is 0 Å². The zero-order chi connectivity index (χ0) is 22.9. The summed E-state index contributed by atoms with van der Waals surface area (Å²) in [5.74, 6) is 0.0177. The van der Waals surface area contributed by atoms with Crippen molar-refractivity contribution in [3.63, 3.8) is 0 Å². The van der Waals surface area contributed by atoms with Gasteiger partial charge in [0.2, 0.25) is 0 Å². The molecule has 1 aromatic heterocycles. The minimum atomic E-state index is -0.776. The molecule has 172 valence electrons. The number of hydrogen-bond acceptors (Lipinski definition) is 5. The third-order valence-corrected chi connectivity index (χ3v) is 5.98. The summed E-state index contributed by atoms with van der Waals surface area (Å²) in [6, 6.07) is 20.5. The number of ether oxygens (including phenoxy) is 1. The molecule has 0 radical (unpaired) electrons. The van der Waals surface area contributed by atoms with Crippen LogP contribution in [0.3, 0.4) is 0 Å². The summed E-state index contributed by atoms with van der Waals surface area (Å²) in [5.41, 5.74) is 4.74. The van der Waals surface area contributed by atoms with Gasteiger partial charge in [-0.05, 0) is 46.9 Å². The van der Waals surface area contributed by atoms with Crippen LogP contribution in [0.5, 0.6) is 5.75 Å². The van der Waals surface area contributed by atoms with Crippen molar-refractivity contribution in [3.8, 4) is 5.75 Å². The third kappa shape index (κ3) is 7.41. The Hall–Kier alpha value is -3.22. The van der Waals surface area contributed by atoms with Gasteiger partial charge in [0.1, 0.15) is 12.4 Å². The van der Waals surface area contributed by atoms with Crippen LogP contribution in [0.1, 0.15) is 28.7 Å². The average molecular weight is 446 g/mol. The van der Waals surface area contributed by atoms with E-state index in [1.807, 2.05) is 42.7 Å². The van der Waals surface area contributed by atoms with E-state index in [0.29, 0.717) is 13.0 Å². The number of rotatable bonds is 10. The Kier molecular flexibility index (Phi) is 8.06. The molecule has 0 amide bonds. The standard InChI is InChI=1S/C27H31N3O3/c31-27(32)12-9-22-7-10-26(11-8-22)33-21-24-5-3-23(4-6-24)19-29-14-16-30(17-15-29)20-25-2-1-13-28-18-25/h1-8,10-11,13,18H,9,12,14-17,19-21H2,(H,31,32). The molecule has 6 nitrogen and oxygen atoms in total. The van der Waals surface area contributed by atoms with Gasteiger partial charge in [-0.2, -0.15) is 0 Å². The second kappa shape index (κ2) is 11.6. The van der Waals surface area contributed by atoms with Crippen molar-refractivity contribution in [2.24, 2.45) is 0 Å². The molecule has 2 heterocycles. The first-order valence-electron chi connectivity index (χ1n) is 11.5. The number of piperazine rings is 1. The van der Waals surface area contributed by atoms with E-state index in [1.54, 1.807) is 0 Å². The minimum absolute atomic E-state index is 0.146. The summed E-state index contributed by atoms with van der Waals surface area (Å²) in [5, 5.41) is 8.78. The fraction of sp³-hybridized carbons (Fsp3) is 0.333. The van der Waals surface area contributed by atoms with Gasteiger partial charge in [0, 0.05) is 58.1 Å². The molecule has 33 heavy (non-hydrogen) atoms. The van der Waals surface area contributed by atoms with E-state index < -0.39 is 5.97 Å². The van der Waals surface area contributed by atoms with E-state index in [4.69, 9.17) is 9.84 Å². The Morgan fingerprint density at radius 1 is 0.818 bits per heavy atom. The summed E-state index contributed by atoms with van der Waals surface area (Å²) < 4.78 is 5.89. The maximum absolute atomic E-state index is 10.7. The maximum Gasteiger partial charge on any atom is 0.303 e. The normalized spacial score (nSPS) is 14.8. The molecule has 0 aliphatic carbocycles. The van der Waals surface area contributed by atoms with Crippen molar-refractivity contribution < 1.29 is 14.6 Å². The highest BCUT2D eigenvalue weighted by Gasteiger charge is 2.17. The van der Waals surface area contributed by atoms with Crippen LogP contribution in [0.15, 0.2) is 73.1 Å². The minimum Gasteiger partial charge on any atom is -0.489 e. The van der Waals surface area contributed by atoms with Crippen molar-refractivity contribution >= 4 is 5.97 Å². The number of aliphatic carboxylic acids is 1. The topological polar surface area (TPSA) is 65.9 Å². The number of nitrogens with zero attached hydrogens (tertiary/aromatic N) is 3. The van der Waals surface area contributed by atoms with Crippen LogP contribution < -0.4 is 4.74 Å². The van der Waals surface area contributed by atoms with E-state index in [9.17, 15) is 4.79 Å². The molecule has 0 bridgehead atoms. The fourth-order valence-electron chi connectivity index (χ4n) is 4.02. The van der Waals surface area contributed by atoms with Gasteiger partial charge in [0.15, 0.2) is 0 Å². The molecule has 1 aliphatic rings. The fourth-order valence-corrected chi connectivity index (χ4v) is 4.02. The highest BCUT2D eigenvalue weighted by atomic mass is 16.5. The van der Waals surface area contributed by atoms with E-state index in [0.717, 1.165) is 56.1 Å². The molecular weight excluding hydrogens is 414 g/mol. The Balaban J connectivity index is 1.18. The van der Waals surface area contributed by atoms with E-state index in [1.165, 1.54) is 11.1 Å². The predicted molar refractivity (Wildman–Crippen MR) is 128 cm³/mol. The van der Waals surface area contributed by atoms with Gasteiger partial charge in [0.25, 0.3) is 0 Å². The van der Waals surface area contributed by atoms with Gasteiger partial charge < -0.3 is 9.84 Å². The van der Waals surface area contributed by atoms with Crippen molar-refractivity contribution in [1.29, 1.82) is 0 Å². The third-order valence-electron chi connectivity index (χ3n) is 5.98. The van der Waals surface area contributed by atoms with Gasteiger partial charge in [-0.15, -0.1) is 0 Å². The quantitative estimate of drug-likeness (QED) is 0.509. The Bertz CT molecular complexity index is 999. The number of carbonyl (C=O) groups is 1. The van der Waals surface area contributed by atoms with E-state index in [2.05, 4.69) is 45.1 Å². The van der Waals surface area contributed by atoms with Gasteiger partial charge in [-0.25, -0.2) is 0 Å². The molecule has 0 atom stereocenters. The van der Waals surface area contributed by atoms with Crippen molar-refractivity contribution in [1.82, 2.24) is 14.8 Å². The summed E-state index contributed by atoms with van der Waals surface area (Å²) in [4.78, 5) is 19.9. The Morgan fingerprint density at radius 3 is 2.03 bits per heavy atom. The van der Waals surface area contributed by atoms with Crippen LogP contribution >= 0.6 is 0 Å². The lowest BCUT2D eigenvalue weighted by atomic mass is 10.1. The molecule has 3 aromatic rings. The van der Waals surface area contributed by atoms with Crippen molar-refractivity contribution in [2.45, 2.75) is 32.5 Å². The molecule has 6 heteroatoms. The average Bonchev–Trinajstić information content (AvgIpc) is 2.85. The molecule has 0 unspecified atom stereocenters. The Morgan fingerprint density at radius 2 is 1.42 bits per heavy atom. The Labute approximate surface area is 195 Å². The zero-order valence-electron chi connectivity index (χ0n) is 18.9. The molecule has 0 saturated carbocycles. The molecule has 1 fully saturated rings. The van der Waals surface area contributed by atoms with Gasteiger partial charge >= 0.3 is 5.97 Å². The highest BCUT2D eigenvalue weighted by Crippen LogP contribution is 2.17. The molecule has 1 aliphatic heterocycles. The number of benzene rings is 2. The lowest BCUT2D eigenvalue weighted by Gasteiger charge is -2.34. The second-order valence-corrected chi connectivity index (χ2v) is 8.56. The van der Waals surface area contributed by atoms with Crippen LogP contribution in [-0.2, 0) is 30.9 Å². The monoisotopic (exact) mass is 445 g/mol. The number of hydrogen-bond donors (Lipinski definition) is 1. The van der Waals surface area contributed by atoms with Crippen LogP contribution in [0.2, 0.25) is 0 Å². The largest absolute Gasteiger partial charge is 0.489 e. The lowest BCUT2D eigenvalue weighted by molar-refractivity contribution is -0.136. The first-order valence-corrected chi connectivity index (χ1v) is 11.5. The number of carboxylic acid groups (broad SMARTS) is 1. The zero-order valence-corrected chi connectivity index (χ0v) is 18.9. The van der Waals surface area contributed by atoms with Gasteiger partial charge in [-0.1, -0.05) is 42.5 Å². The van der Waals surface area contributed by atoms with Crippen LogP contribution in [0.25, 0.3) is 0 Å². The molecule has 2 aromatic carbocycles. The lowest BCUT2D eigenvalue weighted by Crippen LogP contribution is -2.45. The molecular formula is C27H31N3O3. The predicted octanol–water partition coefficient (Wildman–Crippen LogP) is 4.00. The van der Waals surface area contributed by atoms with Gasteiger partial charge in [-0.3, -0.25) is 19.6 Å². The summed E-state index contributed by atoms with van der Waals surface area (Å²) in [7, 11) is 0. The smallest absolute Gasteiger partial charge is 0.303 e. The summed E-state index contributed by atoms with van der Waals surface area (Å²) in [6.07, 6.45) is 4.46. The number of pyridine rings is 1. The van der Waals surface area contributed by atoms with Crippen LogP contribution in [-0.4, -0.2) is 52.0 Å². The van der Waals surface area contributed by atoms with Crippen molar-refractivity contribution in [3.05, 3.63) is 95.3 Å². The van der Waals surface area contributed by atoms with Crippen molar-refractivity contribution in [2.75, 3.05) is 26.2 Å². The highest BCUT2D eigenvalue weighted by molar-refractivity contribution is 5.67. The first kappa shape index (κ1) is 23.0. The summed E-state index contributed by atoms with van der Waals surface area (Å²) >= 11 is 0. The second-order valence-electron chi connectivity index (χ2n) is 8.56. The van der Waals surface area contributed by atoms with Crippen LogP contribution in [0, 0.1) is 0 Å². The molecule has 1 N–H and O–H groups in total. The van der Waals surface area contributed by atoms with Crippen LogP contribution in [0.4, 0.5) is 0 Å². The number of aromatic nitrogens is 1. The molecule has 0 spiro atoms. The maximum atomic E-state index is 10.7. The summed E-state index contributed by atoms with van der Waals surface area (Å²) in [6.45, 7) is 6.77. The number of aryl methyl sites for hydroxylation is 1. The van der Waals surface area contributed by atoms with E-state index >= 15 is 0 Å². The first-order chi connectivity index (χ1) is 16.1. The number of carboxylic acids is 1.